The molecule has 20 heavy (non-hydrogen) atoms. The Morgan fingerprint density at radius 1 is 1.10 bits per heavy atom. The quantitative estimate of drug-likeness (QED) is 0.832. The van der Waals surface area contributed by atoms with Gasteiger partial charge in [-0.1, -0.05) is 0 Å². The van der Waals surface area contributed by atoms with E-state index in [0.29, 0.717) is 11.4 Å². The van der Waals surface area contributed by atoms with Crippen LogP contribution >= 0.6 is 0 Å². The maximum absolute atomic E-state index is 12.3. The molecule has 1 heterocycles. The summed E-state index contributed by atoms with van der Waals surface area (Å²) in [5.74, 6) is -0.545. The lowest BCUT2D eigenvalue weighted by atomic mass is 10.2. The second-order valence-electron chi connectivity index (χ2n) is 4.01. The lowest BCUT2D eigenvalue weighted by Gasteiger charge is -2.07. The molecule has 0 aliphatic heterocycles. The van der Waals surface area contributed by atoms with Gasteiger partial charge in [-0.15, -0.1) is 0 Å². The SMILES string of the molecule is Nc1ccc(NC(=O)c2ccc(C(F)(F)F)nc2)cc1. The Hall–Kier alpha value is -2.57. The highest BCUT2D eigenvalue weighted by Crippen LogP contribution is 2.27. The molecule has 1 amide bonds. The van der Waals surface area contributed by atoms with Gasteiger partial charge in [0.05, 0.1) is 5.56 Å². The fourth-order valence-corrected chi connectivity index (χ4v) is 1.47. The molecule has 7 heteroatoms. The third-order valence-electron chi connectivity index (χ3n) is 2.48. The summed E-state index contributed by atoms with van der Waals surface area (Å²) in [4.78, 5) is 15.0. The second kappa shape index (κ2) is 5.20. The Morgan fingerprint density at radius 2 is 1.75 bits per heavy atom. The first-order chi connectivity index (χ1) is 9.36. The van der Waals surface area contributed by atoms with Gasteiger partial charge < -0.3 is 11.1 Å². The number of nitrogens with zero attached hydrogens (tertiary/aromatic N) is 1. The highest BCUT2D eigenvalue weighted by Gasteiger charge is 2.32. The Morgan fingerprint density at radius 3 is 2.25 bits per heavy atom. The van der Waals surface area contributed by atoms with Crippen LogP contribution in [0.2, 0.25) is 0 Å². The van der Waals surface area contributed by atoms with E-state index in [1.807, 2.05) is 0 Å². The summed E-state index contributed by atoms with van der Waals surface area (Å²) < 4.78 is 37.0. The van der Waals surface area contributed by atoms with Gasteiger partial charge in [-0.3, -0.25) is 9.78 Å². The number of benzene rings is 1. The Balaban J connectivity index is 2.11. The molecule has 0 fully saturated rings. The molecule has 0 spiro atoms. The van der Waals surface area contributed by atoms with Crippen LogP contribution in [0.25, 0.3) is 0 Å². The summed E-state index contributed by atoms with van der Waals surface area (Å²) in [5, 5.41) is 2.53. The molecule has 0 saturated carbocycles. The third-order valence-corrected chi connectivity index (χ3v) is 2.48. The van der Waals surface area contributed by atoms with E-state index in [0.717, 1.165) is 18.3 Å². The standard InChI is InChI=1S/C13H10F3N3O/c14-13(15,16)11-6-1-8(7-18-11)12(20)19-10-4-2-9(17)3-5-10/h1-7H,17H2,(H,19,20). The molecule has 3 N–H and O–H groups in total. The van der Waals surface area contributed by atoms with Gasteiger partial charge in [-0.25, -0.2) is 0 Å². The number of halogens is 3. The number of nitrogen functional groups attached to an aromatic ring is 1. The van der Waals surface area contributed by atoms with Gasteiger partial charge in [0.2, 0.25) is 0 Å². The third kappa shape index (κ3) is 3.25. The number of carbonyl (C=O) groups excluding carboxylic acids is 1. The highest BCUT2D eigenvalue weighted by atomic mass is 19.4. The molecule has 0 radical (unpaired) electrons. The minimum absolute atomic E-state index is 0.0369. The number of anilines is 2. The van der Waals surface area contributed by atoms with E-state index in [2.05, 4.69) is 10.3 Å². The zero-order valence-electron chi connectivity index (χ0n) is 10.1. The zero-order chi connectivity index (χ0) is 14.8. The van der Waals surface area contributed by atoms with E-state index in [4.69, 9.17) is 5.73 Å². The molecule has 0 aliphatic rings. The summed E-state index contributed by atoms with van der Waals surface area (Å²) in [6.45, 7) is 0. The van der Waals surface area contributed by atoms with Crippen molar-refractivity contribution in [1.82, 2.24) is 4.98 Å². The van der Waals surface area contributed by atoms with Crippen molar-refractivity contribution in [2.24, 2.45) is 0 Å². The average molecular weight is 281 g/mol. The van der Waals surface area contributed by atoms with Crippen LogP contribution in [0.4, 0.5) is 24.5 Å². The molecular formula is C13H10F3N3O. The van der Waals surface area contributed by atoms with E-state index in [1.54, 1.807) is 24.3 Å². The zero-order valence-corrected chi connectivity index (χ0v) is 10.1. The van der Waals surface area contributed by atoms with Crippen LogP contribution in [-0.2, 0) is 6.18 Å². The van der Waals surface area contributed by atoms with Crippen LogP contribution in [-0.4, -0.2) is 10.9 Å². The number of nitrogens with two attached hydrogens (primary N) is 1. The molecule has 0 unspecified atom stereocenters. The molecule has 104 valence electrons. The summed E-state index contributed by atoms with van der Waals surface area (Å²) in [6.07, 6.45) is -3.64. The van der Waals surface area contributed by atoms with E-state index in [9.17, 15) is 18.0 Å². The topological polar surface area (TPSA) is 68.0 Å². The molecule has 2 rings (SSSR count). The lowest BCUT2D eigenvalue weighted by molar-refractivity contribution is -0.141. The molecule has 0 bridgehead atoms. The van der Waals surface area contributed by atoms with Crippen LogP contribution in [0.3, 0.4) is 0 Å². The fourth-order valence-electron chi connectivity index (χ4n) is 1.47. The van der Waals surface area contributed by atoms with Crippen molar-refractivity contribution in [2.45, 2.75) is 6.18 Å². The summed E-state index contributed by atoms with van der Waals surface area (Å²) >= 11 is 0. The highest BCUT2D eigenvalue weighted by molar-refractivity contribution is 6.04. The van der Waals surface area contributed by atoms with Crippen LogP contribution in [0, 0.1) is 0 Å². The smallest absolute Gasteiger partial charge is 0.399 e. The van der Waals surface area contributed by atoms with Gasteiger partial charge in [-0.05, 0) is 36.4 Å². The van der Waals surface area contributed by atoms with Crippen molar-refractivity contribution in [2.75, 3.05) is 11.1 Å². The molecule has 1 aromatic heterocycles. The molecule has 0 saturated heterocycles. The van der Waals surface area contributed by atoms with E-state index in [1.165, 1.54) is 0 Å². The van der Waals surface area contributed by atoms with Gasteiger partial charge in [0, 0.05) is 17.6 Å². The van der Waals surface area contributed by atoms with Crippen molar-refractivity contribution in [3.8, 4) is 0 Å². The Bertz CT molecular complexity index is 606. The molecular weight excluding hydrogens is 271 g/mol. The Kier molecular flexibility index (Phi) is 3.60. The van der Waals surface area contributed by atoms with Crippen molar-refractivity contribution in [3.05, 3.63) is 53.9 Å². The van der Waals surface area contributed by atoms with Crippen molar-refractivity contribution in [1.29, 1.82) is 0 Å². The number of rotatable bonds is 2. The number of hydrogen-bond donors (Lipinski definition) is 2. The van der Waals surface area contributed by atoms with Crippen LogP contribution in [0.1, 0.15) is 16.1 Å². The number of carbonyl (C=O) groups is 1. The minimum atomic E-state index is -4.52. The van der Waals surface area contributed by atoms with Gasteiger partial charge in [0.1, 0.15) is 5.69 Å². The molecule has 0 atom stereocenters. The van der Waals surface area contributed by atoms with Gasteiger partial charge >= 0.3 is 6.18 Å². The van der Waals surface area contributed by atoms with Gasteiger partial charge in [0.25, 0.3) is 5.91 Å². The number of alkyl halides is 3. The fraction of sp³-hybridized carbons (Fsp3) is 0.0769. The number of amides is 1. The molecule has 0 aliphatic carbocycles. The van der Waals surface area contributed by atoms with Crippen LogP contribution in [0.15, 0.2) is 42.6 Å². The molecule has 4 nitrogen and oxygen atoms in total. The maximum Gasteiger partial charge on any atom is 0.433 e. The van der Waals surface area contributed by atoms with Crippen LogP contribution in [0.5, 0.6) is 0 Å². The van der Waals surface area contributed by atoms with Crippen molar-refractivity contribution >= 4 is 17.3 Å². The normalized spacial score (nSPS) is 11.2. The minimum Gasteiger partial charge on any atom is -0.399 e. The summed E-state index contributed by atoms with van der Waals surface area (Å²) in [7, 11) is 0. The van der Waals surface area contributed by atoms with Crippen molar-refractivity contribution in [3.63, 3.8) is 0 Å². The number of aromatic nitrogens is 1. The van der Waals surface area contributed by atoms with Crippen molar-refractivity contribution < 1.29 is 18.0 Å². The lowest BCUT2D eigenvalue weighted by Crippen LogP contribution is -2.14. The average Bonchev–Trinajstić information content (AvgIpc) is 2.40. The first-order valence-electron chi connectivity index (χ1n) is 5.56. The largest absolute Gasteiger partial charge is 0.433 e. The maximum atomic E-state index is 12.3. The predicted molar refractivity (Wildman–Crippen MR) is 68.0 cm³/mol. The number of hydrogen-bond acceptors (Lipinski definition) is 3. The van der Waals surface area contributed by atoms with E-state index in [-0.39, 0.29) is 5.56 Å². The Labute approximate surface area is 112 Å². The van der Waals surface area contributed by atoms with Gasteiger partial charge in [-0.2, -0.15) is 13.2 Å². The summed E-state index contributed by atoms with van der Waals surface area (Å²) in [5.41, 5.74) is 5.52. The van der Waals surface area contributed by atoms with E-state index < -0.39 is 17.8 Å². The van der Waals surface area contributed by atoms with Gasteiger partial charge in [0.15, 0.2) is 0 Å². The monoisotopic (exact) mass is 281 g/mol. The first-order valence-corrected chi connectivity index (χ1v) is 5.56. The number of nitrogens with one attached hydrogen (secondary N) is 1. The van der Waals surface area contributed by atoms with Crippen LogP contribution < -0.4 is 11.1 Å². The first kappa shape index (κ1) is 13.9. The number of pyridine rings is 1. The molecule has 2 aromatic rings. The second-order valence-corrected chi connectivity index (χ2v) is 4.01. The molecule has 1 aromatic carbocycles. The predicted octanol–water partition coefficient (Wildman–Crippen LogP) is 2.93. The summed E-state index contributed by atoms with van der Waals surface area (Å²) in [6, 6.07) is 8.21. The van der Waals surface area contributed by atoms with E-state index >= 15 is 0 Å².